The molecule has 2 aliphatic carbocycles. The third kappa shape index (κ3) is 7.07. The van der Waals surface area contributed by atoms with Crippen molar-refractivity contribution in [2.75, 3.05) is 13.2 Å². The van der Waals surface area contributed by atoms with Crippen LogP contribution in [0.3, 0.4) is 0 Å². The maximum atomic E-state index is 6.15. The fourth-order valence-electron chi connectivity index (χ4n) is 6.47. The highest BCUT2D eigenvalue weighted by Gasteiger charge is 2.33. The molecule has 3 aromatic rings. The van der Waals surface area contributed by atoms with Crippen molar-refractivity contribution in [3.63, 3.8) is 0 Å². The number of fused-ring (bicyclic) bond motifs is 1. The minimum atomic E-state index is 0.191. The molecule has 2 heterocycles. The van der Waals surface area contributed by atoms with E-state index in [1.165, 1.54) is 47.8 Å². The first kappa shape index (κ1) is 30.3. The van der Waals surface area contributed by atoms with Crippen LogP contribution in [0.2, 0.25) is 0 Å². The summed E-state index contributed by atoms with van der Waals surface area (Å²) in [5.41, 5.74) is 5.74. The van der Waals surface area contributed by atoms with Gasteiger partial charge in [0.25, 0.3) is 0 Å². The van der Waals surface area contributed by atoms with E-state index in [9.17, 15) is 0 Å². The van der Waals surface area contributed by atoms with Crippen LogP contribution in [0.4, 0.5) is 0 Å². The van der Waals surface area contributed by atoms with Crippen molar-refractivity contribution >= 4 is 23.1 Å². The highest BCUT2D eigenvalue weighted by molar-refractivity contribution is 5.96. The fraction of sp³-hybridized carbons (Fsp3) is 0.486. The predicted octanol–water partition coefficient (Wildman–Crippen LogP) is 9.02. The molecule has 1 atom stereocenters. The van der Waals surface area contributed by atoms with E-state index in [1.54, 1.807) is 0 Å². The number of hydrogen-bond donors (Lipinski definition) is 0. The van der Waals surface area contributed by atoms with Crippen molar-refractivity contribution in [1.82, 2.24) is 9.55 Å². The van der Waals surface area contributed by atoms with E-state index in [0.29, 0.717) is 18.1 Å². The topological polar surface area (TPSA) is 45.5 Å². The highest BCUT2D eigenvalue weighted by Crippen LogP contribution is 2.39. The van der Waals surface area contributed by atoms with Crippen molar-refractivity contribution in [3.05, 3.63) is 73.1 Å². The monoisotopic (exact) mass is 568 g/mol. The summed E-state index contributed by atoms with van der Waals surface area (Å²) in [6.45, 7) is 13.8. The third-order valence-electron chi connectivity index (χ3n) is 9.20. The number of nitrogens with zero attached hydrogens (tertiary/aromatic N) is 2. The number of rotatable bonds is 16. The Morgan fingerprint density at radius 3 is 2.43 bits per heavy atom. The Hall–Kier alpha value is -3.15. The molecule has 0 spiro atoms. The largest absolute Gasteiger partial charge is 0.474 e. The fourth-order valence-corrected chi connectivity index (χ4v) is 6.47. The van der Waals surface area contributed by atoms with E-state index in [2.05, 4.69) is 73.1 Å². The molecule has 0 radical (unpaired) electrons. The number of allylic oxidation sites excluding steroid dienone is 1. The van der Waals surface area contributed by atoms with Gasteiger partial charge in [-0.05, 0) is 81.1 Å². The van der Waals surface area contributed by atoms with E-state index in [4.69, 9.17) is 14.2 Å². The zero-order valence-electron chi connectivity index (χ0n) is 25.8. The first-order valence-corrected chi connectivity index (χ1v) is 15.9. The van der Waals surface area contributed by atoms with Gasteiger partial charge in [-0.3, -0.25) is 0 Å². The summed E-state index contributed by atoms with van der Waals surface area (Å²) < 4.78 is 20.5. The molecule has 0 saturated heterocycles. The SMILES string of the molecule is C=CCC(CC)OCCC1CC(CCOC2CC(Oc3ccc(-c4ccc5c(C=C)c(/C=C\C)n(C)c5c4)cn3)C2)C1. The molecule has 0 amide bonds. The lowest BCUT2D eigenvalue weighted by molar-refractivity contribution is -0.0688. The van der Waals surface area contributed by atoms with Crippen LogP contribution in [0.25, 0.3) is 34.2 Å². The highest BCUT2D eigenvalue weighted by atomic mass is 16.5. The molecular formula is C37H48N2O3. The van der Waals surface area contributed by atoms with Crippen molar-refractivity contribution in [2.45, 2.75) is 83.5 Å². The van der Waals surface area contributed by atoms with Gasteiger partial charge in [0.15, 0.2) is 0 Å². The second kappa shape index (κ2) is 14.3. The molecule has 1 aromatic carbocycles. The summed E-state index contributed by atoms with van der Waals surface area (Å²) in [6.07, 6.45) is 19.8. The Bertz CT molecular complexity index is 1360. The van der Waals surface area contributed by atoms with Crippen LogP contribution < -0.4 is 4.74 Å². The Morgan fingerprint density at radius 1 is 1.00 bits per heavy atom. The van der Waals surface area contributed by atoms with Crippen LogP contribution in [0.1, 0.15) is 76.5 Å². The summed E-state index contributed by atoms with van der Waals surface area (Å²) in [5, 5.41) is 1.21. The second-order valence-electron chi connectivity index (χ2n) is 12.1. The number of benzene rings is 1. The molecule has 2 saturated carbocycles. The van der Waals surface area contributed by atoms with Crippen LogP contribution in [0, 0.1) is 11.8 Å². The summed E-state index contributed by atoms with van der Waals surface area (Å²) in [7, 11) is 2.11. The minimum absolute atomic E-state index is 0.191. The molecular weight excluding hydrogens is 520 g/mol. The molecule has 1 unspecified atom stereocenters. The summed E-state index contributed by atoms with van der Waals surface area (Å²) >= 11 is 0. The number of ether oxygens (including phenoxy) is 3. The Labute approximate surface area is 252 Å². The van der Waals surface area contributed by atoms with Crippen molar-refractivity contribution in [2.24, 2.45) is 18.9 Å². The van der Waals surface area contributed by atoms with Crippen LogP contribution in [0.5, 0.6) is 5.88 Å². The molecule has 0 N–H and O–H groups in total. The Balaban J connectivity index is 1.00. The second-order valence-corrected chi connectivity index (χ2v) is 12.1. The van der Waals surface area contributed by atoms with Gasteiger partial charge in [-0.1, -0.05) is 43.9 Å². The number of pyridine rings is 1. The van der Waals surface area contributed by atoms with Gasteiger partial charge in [0.1, 0.15) is 6.10 Å². The van der Waals surface area contributed by atoms with Gasteiger partial charge < -0.3 is 18.8 Å². The van der Waals surface area contributed by atoms with Crippen molar-refractivity contribution < 1.29 is 14.2 Å². The Kier molecular flexibility index (Phi) is 10.4. The predicted molar refractivity (Wildman–Crippen MR) is 175 cm³/mol. The molecule has 5 heteroatoms. The maximum Gasteiger partial charge on any atom is 0.213 e. The molecule has 2 aromatic heterocycles. The lowest BCUT2D eigenvalue weighted by Crippen LogP contribution is -2.40. The first-order valence-electron chi connectivity index (χ1n) is 15.9. The third-order valence-corrected chi connectivity index (χ3v) is 9.20. The van der Waals surface area contributed by atoms with Gasteiger partial charge in [0, 0.05) is 73.1 Å². The minimum Gasteiger partial charge on any atom is -0.474 e. The maximum absolute atomic E-state index is 6.15. The van der Waals surface area contributed by atoms with Gasteiger partial charge in [-0.25, -0.2) is 4.98 Å². The van der Waals surface area contributed by atoms with E-state index < -0.39 is 0 Å². The van der Waals surface area contributed by atoms with Gasteiger partial charge in [0.05, 0.1) is 12.2 Å². The van der Waals surface area contributed by atoms with Crippen LogP contribution in [-0.2, 0) is 16.5 Å². The van der Waals surface area contributed by atoms with Crippen molar-refractivity contribution in [3.8, 4) is 17.0 Å². The number of aryl methyl sites for hydroxylation is 1. The number of aromatic nitrogens is 2. The quantitative estimate of drug-likeness (QED) is 0.162. The summed E-state index contributed by atoms with van der Waals surface area (Å²) in [5.74, 6) is 2.34. The van der Waals surface area contributed by atoms with E-state index >= 15 is 0 Å². The smallest absolute Gasteiger partial charge is 0.213 e. The molecule has 224 valence electrons. The molecule has 5 rings (SSSR count). The summed E-state index contributed by atoms with van der Waals surface area (Å²) in [4.78, 5) is 4.62. The van der Waals surface area contributed by atoms with Crippen molar-refractivity contribution in [1.29, 1.82) is 0 Å². The lowest BCUT2D eigenvalue weighted by atomic mass is 9.72. The van der Waals surface area contributed by atoms with Gasteiger partial charge in [-0.15, -0.1) is 6.58 Å². The molecule has 2 fully saturated rings. The average Bonchev–Trinajstić information content (AvgIpc) is 3.23. The van der Waals surface area contributed by atoms with E-state index in [1.807, 2.05) is 31.3 Å². The van der Waals surface area contributed by atoms with Gasteiger partial charge >= 0.3 is 0 Å². The van der Waals surface area contributed by atoms with Crippen LogP contribution in [-0.4, -0.2) is 41.1 Å². The first-order chi connectivity index (χ1) is 20.5. The van der Waals surface area contributed by atoms with E-state index in [0.717, 1.165) is 61.9 Å². The standard InChI is InChI=1S/C37H48N2O3/c1-6-10-30(8-3)40-18-16-26-20-27(21-26)17-19-41-31-23-32(24-31)42-37-15-13-29(25-38-37)28-12-14-34-33(9-4)35(11-7-2)39(5)36(34)22-28/h6-7,9,11-15,22,25-27,30-32H,1,4,8,10,16-21,23-24H2,2-3,5H3/b11-7-. The average molecular weight is 569 g/mol. The van der Waals surface area contributed by atoms with Gasteiger partial charge in [-0.2, -0.15) is 0 Å². The zero-order chi connectivity index (χ0) is 29.5. The number of hydrogen-bond acceptors (Lipinski definition) is 4. The van der Waals surface area contributed by atoms with Crippen LogP contribution in [0.15, 0.2) is 61.8 Å². The normalized spacial score (nSPS) is 22.5. The lowest BCUT2D eigenvalue weighted by Gasteiger charge is -2.38. The zero-order valence-corrected chi connectivity index (χ0v) is 25.8. The van der Waals surface area contributed by atoms with E-state index in [-0.39, 0.29) is 6.10 Å². The summed E-state index contributed by atoms with van der Waals surface area (Å²) in [6, 6.07) is 10.7. The van der Waals surface area contributed by atoms with Gasteiger partial charge in [0.2, 0.25) is 5.88 Å². The van der Waals surface area contributed by atoms with Crippen LogP contribution >= 0.6 is 0 Å². The molecule has 42 heavy (non-hydrogen) atoms. The Morgan fingerprint density at radius 2 is 1.76 bits per heavy atom. The molecule has 0 aliphatic heterocycles. The molecule has 0 bridgehead atoms. The molecule has 2 aliphatic rings. The molecule has 5 nitrogen and oxygen atoms in total.